The number of pyridine rings is 1. The lowest BCUT2D eigenvalue weighted by molar-refractivity contribution is -0.174. The van der Waals surface area contributed by atoms with Crippen LogP contribution in [0.25, 0.3) is 11.0 Å². The van der Waals surface area contributed by atoms with Crippen LogP contribution in [0.15, 0.2) is 23.1 Å². The van der Waals surface area contributed by atoms with E-state index in [-0.39, 0.29) is 35.7 Å². The first-order valence-electron chi connectivity index (χ1n) is 8.25. The van der Waals surface area contributed by atoms with E-state index in [0.29, 0.717) is 22.4 Å². The number of nitrogens with zero attached hydrogens (tertiary/aromatic N) is 5. The molecule has 0 aliphatic heterocycles. The monoisotopic (exact) mass is 450 g/mol. The van der Waals surface area contributed by atoms with Crippen molar-refractivity contribution in [2.24, 2.45) is 7.05 Å². The molecule has 1 N–H and O–H groups in total. The summed E-state index contributed by atoms with van der Waals surface area (Å²) in [7, 11) is 1.59. The molecule has 0 bridgehead atoms. The van der Waals surface area contributed by atoms with Crippen molar-refractivity contribution in [1.29, 1.82) is 0 Å². The molecule has 0 unspecified atom stereocenters. The zero-order chi connectivity index (χ0) is 21.2. The summed E-state index contributed by atoms with van der Waals surface area (Å²) in [5, 5.41) is 7.25. The van der Waals surface area contributed by atoms with E-state index in [0.717, 1.165) is 0 Å². The predicted octanol–water partition coefficient (Wildman–Crippen LogP) is 3.24. The van der Waals surface area contributed by atoms with Crippen LogP contribution in [0.4, 0.5) is 24.7 Å². The third-order valence-electron chi connectivity index (χ3n) is 3.82. The number of rotatable bonds is 7. The second kappa shape index (κ2) is 8.56. The molecule has 29 heavy (non-hydrogen) atoms. The van der Waals surface area contributed by atoms with Crippen molar-refractivity contribution >= 4 is 45.7 Å². The van der Waals surface area contributed by atoms with Gasteiger partial charge in [0.25, 0.3) is 0 Å². The number of anilines is 2. The lowest BCUT2D eigenvalue weighted by Crippen LogP contribution is -2.19. The Balaban J connectivity index is 1.96. The standard InChI is InChI=1S/C16H15Cl2F3N6O2/c1-26-7-9(2-3-11(26)28)22-14-13-12(23-15(18)24-14)10(6-17)25-27(13)4-5-29-8-16(19,20)21/h2-3,7H,4-6,8H2,1H3,(H,22,23,24). The molecule has 0 aliphatic rings. The number of aryl methyl sites for hydroxylation is 1. The minimum Gasteiger partial charge on any atom is -0.370 e. The Morgan fingerprint density at radius 2 is 2.03 bits per heavy atom. The van der Waals surface area contributed by atoms with Crippen molar-refractivity contribution in [3.63, 3.8) is 0 Å². The minimum atomic E-state index is -4.42. The summed E-state index contributed by atoms with van der Waals surface area (Å²) in [6.07, 6.45) is -2.86. The Morgan fingerprint density at radius 1 is 1.28 bits per heavy atom. The maximum absolute atomic E-state index is 12.3. The smallest absolute Gasteiger partial charge is 0.370 e. The Morgan fingerprint density at radius 3 is 2.69 bits per heavy atom. The zero-order valence-corrected chi connectivity index (χ0v) is 16.5. The maximum Gasteiger partial charge on any atom is 0.411 e. The van der Waals surface area contributed by atoms with Gasteiger partial charge in [-0.2, -0.15) is 23.3 Å². The van der Waals surface area contributed by atoms with Crippen molar-refractivity contribution in [2.45, 2.75) is 18.6 Å². The van der Waals surface area contributed by atoms with Crippen LogP contribution in [0, 0.1) is 0 Å². The second-order valence-corrected chi connectivity index (χ2v) is 6.61. The summed E-state index contributed by atoms with van der Waals surface area (Å²) in [5.74, 6) is 0.276. The molecule has 8 nitrogen and oxygen atoms in total. The van der Waals surface area contributed by atoms with Gasteiger partial charge in [-0.3, -0.25) is 9.48 Å². The van der Waals surface area contributed by atoms with Crippen molar-refractivity contribution < 1.29 is 17.9 Å². The van der Waals surface area contributed by atoms with Gasteiger partial charge < -0.3 is 14.6 Å². The van der Waals surface area contributed by atoms with Crippen LogP contribution >= 0.6 is 23.2 Å². The number of fused-ring (bicyclic) bond motifs is 1. The molecule has 0 radical (unpaired) electrons. The quantitative estimate of drug-likeness (QED) is 0.337. The molecule has 0 aromatic carbocycles. The maximum atomic E-state index is 12.3. The van der Waals surface area contributed by atoms with Crippen molar-refractivity contribution in [2.75, 3.05) is 18.5 Å². The first kappa shape index (κ1) is 21.3. The Kier molecular flexibility index (Phi) is 6.30. The molecule has 0 amide bonds. The average molecular weight is 451 g/mol. The number of alkyl halides is 4. The molecule has 13 heteroatoms. The van der Waals surface area contributed by atoms with Crippen molar-refractivity contribution in [3.05, 3.63) is 39.7 Å². The topological polar surface area (TPSA) is 86.9 Å². The van der Waals surface area contributed by atoms with Crippen LogP contribution in [0.1, 0.15) is 5.69 Å². The first-order valence-corrected chi connectivity index (χ1v) is 9.16. The van der Waals surface area contributed by atoms with Gasteiger partial charge in [0.05, 0.1) is 24.7 Å². The normalized spacial score (nSPS) is 11.9. The number of ether oxygens (including phenoxy) is 1. The van der Waals surface area contributed by atoms with Crippen LogP contribution in [-0.4, -0.2) is 43.7 Å². The predicted molar refractivity (Wildman–Crippen MR) is 102 cm³/mol. The summed E-state index contributed by atoms with van der Waals surface area (Å²) >= 11 is 11.9. The highest BCUT2D eigenvalue weighted by Crippen LogP contribution is 2.28. The Hall–Kier alpha value is -2.37. The highest BCUT2D eigenvalue weighted by molar-refractivity contribution is 6.29. The molecule has 0 atom stereocenters. The molecule has 3 rings (SSSR count). The number of hydrogen-bond acceptors (Lipinski definition) is 6. The van der Waals surface area contributed by atoms with Gasteiger partial charge in [0, 0.05) is 19.3 Å². The largest absolute Gasteiger partial charge is 0.411 e. The molecule has 0 saturated heterocycles. The van der Waals surface area contributed by atoms with Crippen LogP contribution in [0.3, 0.4) is 0 Å². The van der Waals surface area contributed by atoms with E-state index in [9.17, 15) is 18.0 Å². The minimum absolute atomic E-state index is 0.0103. The van der Waals surface area contributed by atoms with Gasteiger partial charge in [0.1, 0.15) is 23.3 Å². The fourth-order valence-electron chi connectivity index (χ4n) is 2.60. The summed E-state index contributed by atoms with van der Waals surface area (Å²) in [4.78, 5) is 19.9. The number of aromatic nitrogens is 5. The highest BCUT2D eigenvalue weighted by atomic mass is 35.5. The van der Waals surface area contributed by atoms with Gasteiger partial charge in [-0.05, 0) is 17.7 Å². The number of nitrogens with one attached hydrogen (secondary N) is 1. The van der Waals surface area contributed by atoms with E-state index >= 15 is 0 Å². The van der Waals surface area contributed by atoms with Crippen LogP contribution in [0.2, 0.25) is 5.28 Å². The molecule has 3 aromatic heterocycles. The molecule has 3 heterocycles. The van der Waals surface area contributed by atoms with E-state index < -0.39 is 12.8 Å². The van der Waals surface area contributed by atoms with E-state index in [2.05, 4.69) is 25.1 Å². The lowest BCUT2D eigenvalue weighted by Gasteiger charge is -2.11. The summed E-state index contributed by atoms with van der Waals surface area (Å²) in [6, 6.07) is 2.93. The molecular formula is C16H15Cl2F3N6O2. The van der Waals surface area contributed by atoms with E-state index in [1.807, 2.05) is 0 Å². The SMILES string of the molecule is Cn1cc(Nc2nc(Cl)nc3c(CCl)nn(CCOCC(F)(F)F)c23)ccc1=O. The number of halogens is 5. The molecular weight excluding hydrogens is 436 g/mol. The highest BCUT2D eigenvalue weighted by Gasteiger charge is 2.27. The first-order chi connectivity index (χ1) is 13.7. The number of hydrogen-bond donors (Lipinski definition) is 1. The van der Waals surface area contributed by atoms with E-state index in [1.165, 1.54) is 15.3 Å². The van der Waals surface area contributed by atoms with Gasteiger partial charge in [-0.25, -0.2) is 4.98 Å². The third kappa shape index (κ3) is 5.17. The van der Waals surface area contributed by atoms with Crippen LogP contribution in [0.5, 0.6) is 0 Å². The summed E-state index contributed by atoms with van der Waals surface area (Å²) in [6.45, 7) is -1.59. The Labute approximate surface area is 172 Å². The van der Waals surface area contributed by atoms with Crippen LogP contribution < -0.4 is 10.9 Å². The lowest BCUT2D eigenvalue weighted by atomic mass is 10.3. The second-order valence-electron chi connectivity index (χ2n) is 6.00. The van der Waals surface area contributed by atoms with E-state index in [4.69, 9.17) is 23.2 Å². The Bertz CT molecular complexity index is 1080. The average Bonchev–Trinajstić information content (AvgIpc) is 2.99. The summed E-state index contributed by atoms with van der Waals surface area (Å²) in [5.41, 5.74) is 1.50. The molecule has 0 saturated carbocycles. The third-order valence-corrected chi connectivity index (χ3v) is 4.24. The van der Waals surface area contributed by atoms with Gasteiger partial charge >= 0.3 is 6.18 Å². The van der Waals surface area contributed by atoms with Crippen molar-refractivity contribution in [3.8, 4) is 0 Å². The molecule has 0 aliphatic carbocycles. The molecule has 3 aromatic rings. The van der Waals surface area contributed by atoms with Gasteiger partial charge in [-0.15, -0.1) is 11.6 Å². The van der Waals surface area contributed by atoms with Gasteiger partial charge in [0.15, 0.2) is 5.82 Å². The molecule has 0 fully saturated rings. The summed E-state index contributed by atoms with van der Waals surface area (Å²) < 4.78 is 44.3. The molecule has 156 valence electrons. The van der Waals surface area contributed by atoms with Gasteiger partial charge in [-0.1, -0.05) is 0 Å². The fraction of sp³-hybridized carbons (Fsp3) is 0.375. The van der Waals surface area contributed by atoms with E-state index in [1.54, 1.807) is 19.3 Å². The van der Waals surface area contributed by atoms with Gasteiger partial charge in [0.2, 0.25) is 10.8 Å². The molecule has 0 spiro atoms. The fourth-order valence-corrected chi connectivity index (χ4v) is 2.95. The van der Waals surface area contributed by atoms with Crippen molar-refractivity contribution in [1.82, 2.24) is 24.3 Å². The zero-order valence-electron chi connectivity index (χ0n) is 15.0. The van der Waals surface area contributed by atoms with Crippen LogP contribution in [-0.2, 0) is 24.2 Å².